The summed E-state index contributed by atoms with van der Waals surface area (Å²) >= 11 is 0. The van der Waals surface area contributed by atoms with E-state index in [1.54, 1.807) is 0 Å². The largest absolute Gasteiger partial charge is 0.460 e. The van der Waals surface area contributed by atoms with Crippen molar-refractivity contribution >= 4 is 17.3 Å². The molecule has 25 heteroatoms. The predicted octanol–water partition coefficient (Wildman–Crippen LogP) is 4.92. The Balaban J connectivity index is 6.85. The number of hydrogen-bond donors (Lipinski definition) is 1. The summed E-state index contributed by atoms with van der Waals surface area (Å²) in [7, 11) is 0. The van der Waals surface area contributed by atoms with Crippen LogP contribution < -0.4 is 0 Å². The Labute approximate surface area is 190 Å². The van der Waals surface area contributed by atoms with E-state index in [9.17, 15) is 107 Å². The number of ketones is 3. The van der Waals surface area contributed by atoms with Gasteiger partial charge in [-0.1, -0.05) is 0 Å². The zero-order chi connectivity index (χ0) is 31.7. The van der Waals surface area contributed by atoms with Crippen LogP contribution in [0.2, 0.25) is 0 Å². The van der Waals surface area contributed by atoms with Crippen molar-refractivity contribution in [3.8, 4) is 0 Å². The van der Waals surface area contributed by atoms with Crippen LogP contribution in [0.3, 0.4) is 0 Å². The Morgan fingerprint density at radius 3 is 0.763 bits per heavy atom. The molecular formula is C13HF21O4. The van der Waals surface area contributed by atoms with Crippen LogP contribution in [0.5, 0.6) is 0 Å². The Hall–Kier alpha value is -2.50. The van der Waals surface area contributed by atoms with Gasteiger partial charge in [0.1, 0.15) is 0 Å². The molecule has 0 aliphatic rings. The summed E-state index contributed by atoms with van der Waals surface area (Å²) in [5.74, 6) is -83.1. The quantitative estimate of drug-likeness (QED) is 0.333. The van der Waals surface area contributed by atoms with Crippen LogP contribution in [0.25, 0.3) is 0 Å². The summed E-state index contributed by atoms with van der Waals surface area (Å²) in [5.41, 5.74) is 0. The van der Waals surface area contributed by atoms with Crippen molar-refractivity contribution in [3.63, 3.8) is 0 Å². The van der Waals surface area contributed by atoms with Crippen molar-refractivity contribution < 1.29 is 112 Å². The van der Waals surface area contributed by atoms with Gasteiger partial charge in [-0.3, -0.25) is 14.4 Å². The Morgan fingerprint density at radius 2 is 0.553 bits per heavy atom. The lowest BCUT2D eigenvalue weighted by Gasteiger charge is -2.36. The van der Waals surface area contributed by atoms with Gasteiger partial charge < -0.3 is 5.11 Å². The topological polar surface area (TPSA) is 71.4 Å². The average Bonchev–Trinajstić information content (AvgIpc) is 2.69. The number of carbonyl (C=O) groups is 3. The van der Waals surface area contributed by atoms with Crippen molar-refractivity contribution in [2.24, 2.45) is 0 Å². The molecule has 0 aromatic heterocycles. The molecule has 224 valence electrons. The van der Waals surface area contributed by atoms with Crippen LogP contribution >= 0.6 is 0 Å². The zero-order valence-corrected chi connectivity index (χ0v) is 16.1. The molecule has 0 unspecified atom stereocenters. The van der Waals surface area contributed by atoms with Gasteiger partial charge >= 0.3 is 59.7 Å². The highest BCUT2D eigenvalue weighted by Crippen LogP contribution is 2.56. The third-order valence-electron chi connectivity index (χ3n) is 4.02. The van der Waals surface area contributed by atoms with Crippen LogP contribution in [-0.2, 0) is 14.4 Å². The molecule has 38 heavy (non-hydrogen) atoms. The summed E-state index contributed by atoms with van der Waals surface area (Å²) in [6.07, 6.45) is -15.0. The Morgan fingerprint density at radius 1 is 0.342 bits per heavy atom. The van der Waals surface area contributed by atoms with Gasteiger partial charge in [0.05, 0.1) is 0 Å². The molecular weight excluding hydrogens is 619 g/mol. The molecule has 0 fully saturated rings. The molecule has 0 aromatic rings. The number of aliphatic hydroxyl groups is 1. The van der Waals surface area contributed by atoms with E-state index in [1.807, 2.05) is 0 Å². The molecule has 0 heterocycles. The number of rotatable bonds is 11. The van der Waals surface area contributed by atoms with Crippen molar-refractivity contribution in [3.05, 3.63) is 0 Å². The van der Waals surface area contributed by atoms with Crippen molar-refractivity contribution in [2.45, 2.75) is 59.7 Å². The fraction of sp³-hybridized carbons (Fsp3) is 0.769. The first-order valence-corrected chi connectivity index (χ1v) is 7.80. The zero-order valence-electron chi connectivity index (χ0n) is 16.1. The summed E-state index contributed by atoms with van der Waals surface area (Å²) in [6, 6.07) is 0. The lowest BCUT2D eigenvalue weighted by Crippen LogP contribution is -2.70. The number of carbonyl (C=O) groups excluding carboxylic acids is 3. The predicted molar refractivity (Wildman–Crippen MR) is 67.8 cm³/mol. The monoisotopic (exact) mass is 620 g/mol. The third kappa shape index (κ3) is 4.62. The minimum absolute atomic E-state index is 5.41. The Kier molecular flexibility index (Phi) is 8.18. The van der Waals surface area contributed by atoms with Gasteiger partial charge in [-0.05, 0) is 0 Å². The van der Waals surface area contributed by atoms with Gasteiger partial charge in [0, 0.05) is 0 Å². The van der Waals surface area contributed by atoms with Crippen molar-refractivity contribution in [2.75, 3.05) is 0 Å². The standard InChI is InChI=1S/C13HF21O4/c14-4(15,1(35)5(16,17)7(20,21)3(37)9(24,25)13(33,34)38)6(18,19)2(36)8(22,23)10(26,27)11(28,29)12(30,31)32/h38H. The molecule has 0 radical (unpaired) electrons. The van der Waals surface area contributed by atoms with Crippen LogP contribution in [-0.4, -0.2) is 82.1 Å². The first-order valence-electron chi connectivity index (χ1n) is 7.80. The SMILES string of the molecule is O=C(C(F)(F)C(O)(F)F)C(F)(F)C(F)(F)C(=O)C(F)(F)C(F)(F)C(=O)C(F)(F)C(F)(F)C(F)(F)C(F)(F)F. The number of hydrogen-bond acceptors (Lipinski definition) is 4. The fourth-order valence-corrected chi connectivity index (χ4v) is 1.82. The minimum atomic E-state index is -8.52. The molecule has 0 spiro atoms. The lowest BCUT2D eigenvalue weighted by molar-refractivity contribution is -0.390. The number of Topliss-reactive ketones (excluding diaryl/α,β-unsaturated/α-hetero) is 3. The highest BCUT2D eigenvalue weighted by atomic mass is 19.4. The van der Waals surface area contributed by atoms with E-state index in [-0.39, 0.29) is 0 Å². The maximum atomic E-state index is 13.5. The van der Waals surface area contributed by atoms with E-state index in [1.165, 1.54) is 0 Å². The second-order valence-electron chi connectivity index (χ2n) is 6.62. The normalized spacial score (nSPS) is 15.9. The second-order valence-corrected chi connectivity index (χ2v) is 6.62. The summed E-state index contributed by atoms with van der Waals surface area (Å²) in [5, 5.41) is 7.56. The molecule has 0 aromatic carbocycles. The highest BCUT2D eigenvalue weighted by Gasteiger charge is 2.89. The van der Waals surface area contributed by atoms with E-state index < -0.39 is 77.0 Å². The van der Waals surface area contributed by atoms with Crippen LogP contribution in [0.15, 0.2) is 0 Å². The molecule has 0 saturated heterocycles. The summed E-state index contributed by atoms with van der Waals surface area (Å²) < 4.78 is 271. The van der Waals surface area contributed by atoms with Crippen LogP contribution in [0.4, 0.5) is 92.2 Å². The van der Waals surface area contributed by atoms with E-state index in [0.29, 0.717) is 0 Å². The Bertz CT molecular complexity index is 969. The third-order valence-corrected chi connectivity index (χ3v) is 4.02. The highest BCUT2D eigenvalue weighted by molar-refractivity contribution is 6.07. The van der Waals surface area contributed by atoms with Crippen molar-refractivity contribution in [1.82, 2.24) is 0 Å². The molecule has 0 aliphatic carbocycles. The maximum Gasteiger partial charge on any atom is 0.460 e. The van der Waals surface area contributed by atoms with Gasteiger partial charge in [0.2, 0.25) is 0 Å². The van der Waals surface area contributed by atoms with Crippen molar-refractivity contribution in [1.29, 1.82) is 0 Å². The smallest absolute Gasteiger partial charge is 0.331 e. The van der Waals surface area contributed by atoms with E-state index in [0.717, 1.165) is 0 Å². The minimum Gasteiger partial charge on any atom is -0.331 e. The molecule has 4 nitrogen and oxygen atoms in total. The first-order chi connectivity index (χ1) is 16.0. The molecule has 0 bridgehead atoms. The van der Waals surface area contributed by atoms with Gasteiger partial charge in [-0.25, -0.2) is 0 Å². The lowest BCUT2D eigenvalue weighted by atomic mass is 9.88. The van der Waals surface area contributed by atoms with Crippen LogP contribution in [0.1, 0.15) is 0 Å². The first kappa shape index (κ1) is 35.5. The van der Waals surface area contributed by atoms with Gasteiger partial charge in [-0.2, -0.15) is 92.2 Å². The molecule has 0 amide bonds. The molecule has 0 atom stereocenters. The maximum absolute atomic E-state index is 13.5. The summed E-state index contributed by atoms with van der Waals surface area (Å²) in [6.45, 7) is 0. The van der Waals surface area contributed by atoms with Gasteiger partial charge in [0.25, 0.3) is 17.3 Å². The van der Waals surface area contributed by atoms with Gasteiger partial charge in [0.15, 0.2) is 0 Å². The van der Waals surface area contributed by atoms with E-state index in [4.69, 9.17) is 5.11 Å². The average molecular weight is 620 g/mol. The summed E-state index contributed by atoms with van der Waals surface area (Å²) in [4.78, 5) is 32.3. The molecule has 0 aliphatic heterocycles. The molecule has 0 saturated carbocycles. The second kappa shape index (κ2) is 8.76. The molecule has 1 N–H and O–H groups in total. The fourth-order valence-electron chi connectivity index (χ4n) is 1.82. The van der Waals surface area contributed by atoms with E-state index >= 15 is 0 Å². The molecule has 0 rings (SSSR count). The van der Waals surface area contributed by atoms with Crippen LogP contribution in [0, 0.1) is 0 Å². The number of halogens is 21. The number of alkyl halides is 21. The van der Waals surface area contributed by atoms with Gasteiger partial charge in [-0.15, -0.1) is 0 Å². The van der Waals surface area contributed by atoms with E-state index in [2.05, 4.69) is 0 Å².